The number of rotatable bonds is 2. The molecule has 94 valence electrons. The van der Waals surface area contributed by atoms with Gasteiger partial charge < -0.3 is 14.5 Å². The third-order valence-corrected chi connectivity index (χ3v) is 3.34. The van der Waals surface area contributed by atoms with Gasteiger partial charge in [0.1, 0.15) is 11.5 Å². The van der Waals surface area contributed by atoms with Crippen LogP contribution >= 0.6 is 0 Å². The van der Waals surface area contributed by atoms with Gasteiger partial charge in [-0.1, -0.05) is 23.4 Å². The molecule has 0 radical (unpaired) electrons. The molecule has 0 aliphatic carbocycles. The SMILES string of the molecule is Cc1cc(CN2CCC(O)c3ccccc32)no1. The summed E-state index contributed by atoms with van der Waals surface area (Å²) >= 11 is 0. The Morgan fingerprint density at radius 2 is 2.28 bits per heavy atom. The first-order valence-electron chi connectivity index (χ1n) is 6.18. The number of aryl methyl sites for hydroxylation is 1. The third-order valence-electron chi connectivity index (χ3n) is 3.34. The zero-order valence-electron chi connectivity index (χ0n) is 10.3. The zero-order valence-corrected chi connectivity index (χ0v) is 10.3. The number of benzene rings is 1. The van der Waals surface area contributed by atoms with Gasteiger partial charge in [-0.3, -0.25) is 0 Å². The third kappa shape index (κ3) is 1.99. The lowest BCUT2D eigenvalue weighted by Crippen LogP contribution is -2.30. The number of aliphatic hydroxyl groups excluding tert-OH is 1. The molecular formula is C14H16N2O2. The van der Waals surface area contributed by atoms with Gasteiger partial charge in [-0.15, -0.1) is 0 Å². The van der Waals surface area contributed by atoms with Gasteiger partial charge in [0, 0.05) is 23.9 Å². The fourth-order valence-corrected chi connectivity index (χ4v) is 2.46. The van der Waals surface area contributed by atoms with Crippen molar-refractivity contribution in [1.82, 2.24) is 5.16 Å². The van der Waals surface area contributed by atoms with E-state index in [1.54, 1.807) is 0 Å². The molecule has 1 N–H and O–H groups in total. The van der Waals surface area contributed by atoms with Crippen LogP contribution in [0.15, 0.2) is 34.9 Å². The van der Waals surface area contributed by atoms with E-state index < -0.39 is 0 Å². The molecule has 2 aromatic rings. The second kappa shape index (κ2) is 4.46. The Bertz CT molecular complexity index is 550. The number of anilines is 1. The Hall–Kier alpha value is -1.81. The van der Waals surface area contributed by atoms with Crippen LogP contribution in [0.25, 0.3) is 0 Å². The van der Waals surface area contributed by atoms with Crippen molar-refractivity contribution in [1.29, 1.82) is 0 Å². The van der Waals surface area contributed by atoms with Gasteiger partial charge >= 0.3 is 0 Å². The molecule has 4 heteroatoms. The van der Waals surface area contributed by atoms with E-state index in [1.807, 2.05) is 37.3 Å². The summed E-state index contributed by atoms with van der Waals surface area (Å²) in [6, 6.07) is 9.95. The number of para-hydroxylation sites is 1. The molecule has 0 saturated heterocycles. The number of aromatic nitrogens is 1. The van der Waals surface area contributed by atoms with Gasteiger partial charge in [0.2, 0.25) is 0 Å². The van der Waals surface area contributed by atoms with Gasteiger partial charge in [0.15, 0.2) is 0 Å². The molecule has 1 aromatic heterocycles. The van der Waals surface area contributed by atoms with E-state index in [4.69, 9.17) is 4.52 Å². The van der Waals surface area contributed by atoms with Crippen molar-refractivity contribution in [2.45, 2.75) is 26.0 Å². The number of hydrogen-bond donors (Lipinski definition) is 1. The van der Waals surface area contributed by atoms with Crippen LogP contribution in [0.1, 0.15) is 29.5 Å². The maximum absolute atomic E-state index is 9.99. The number of nitrogens with zero attached hydrogens (tertiary/aromatic N) is 2. The van der Waals surface area contributed by atoms with Gasteiger partial charge in [0.25, 0.3) is 0 Å². The molecule has 2 heterocycles. The molecule has 0 amide bonds. The van der Waals surface area contributed by atoms with Gasteiger partial charge in [0.05, 0.1) is 12.6 Å². The molecule has 4 nitrogen and oxygen atoms in total. The molecule has 0 fully saturated rings. The van der Waals surface area contributed by atoms with Crippen LogP contribution < -0.4 is 4.90 Å². The molecule has 1 atom stereocenters. The molecule has 0 bridgehead atoms. The molecular weight excluding hydrogens is 228 g/mol. The monoisotopic (exact) mass is 244 g/mol. The predicted molar refractivity (Wildman–Crippen MR) is 68.3 cm³/mol. The van der Waals surface area contributed by atoms with Crippen molar-refractivity contribution in [2.75, 3.05) is 11.4 Å². The molecule has 1 aliphatic heterocycles. The fraction of sp³-hybridized carbons (Fsp3) is 0.357. The topological polar surface area (TPSA) is 49.5 Å². The van der Waals surface area contributed by atoms with Crippen molar-refractivity contribution in [3.8, 4) is 0 Å². The second-order valence-electron chi connectivity index (χ2n) is 4.71. The number of fused-ring (bicyclic) bond motifs is 1. The molecule has 1 aliphatic rings. The van der Waals surface area contributed by atoms with E-state index in [1.165, 1.54) is 0 Å². The fourth-order valence-electron chi connectivity index (χ4n) is 2.46. The van der Waals surface area contributed by atoms with E-state index in [0.717, 1.165) is 42.2 Å². The van der Waals surface area contributed by atoms with Crippen LogP contribution in [-0.4, -0.2) is 16.8 Å². The lowest BCUT2D eigenvalue weighted by molar-refractivity contribution is 0.164. The minimum absolute atomic E-state index is 0.350. The minimum Gasteiger partial charge on any atom is -0.388 e. The van der Waals surface area contributed by atoms with Crippen LogP contribution in [0.3, 0.4) is 0 Å². The van der Waals surface area contributed by atoms with Gasteiger partial charge in [-0.05, 0) is 19.4 Å². The predicted octanol–water partition coefficient (Wildman–Crippen LogP) is 2.43. The molecule has 0 spiro atoms. The lowest BCUT2D eigenvalue weighted by atomic mass is 9.99. The van der Waals surface area contributed by atoms with E-state index in [-0.39, 0.29) is 6.10 Å². The number of hydrogen-bond acceptors (Lipinski definition) is 4. The first-order chi connectivity index (χ1) is 8.74. The highest BCUT2D eigenvalue weighted by atomic mass is 16.5. The first-order valence-corrected chi connectivity index (χ1v) is 6.18. The summed E-state index contributed by atoms with van der Waals surface area (Å²) < 4.78 is 5.09. The summed E-state index contributed by atoms with van der Waals surface area (Å²) in [5, 5.41) is 14.0. The second-order valence-corrected chi connectivity index (χ2v) is 4.71. The highest BCUT2D eigenvalue weighted by molar-refractivity contribution is 5.56. The zero-order chi connectivity index (χ0) is 12.5. The van der Waals surface area contributed by atoms with Crippen LogP contribution in [0.4, 0.5) is 5.69 Å². The largest absolute Gasteiger partial charge is 0.388 e. The quantitative estimate of drug-likeness (QED) is 0.881. The van der Waals surface area contributed by atoms with Crippen LogP contribution in [-0.2, 0) is 6.54 Å². The summed E-state index contributed by atoms with van der Waals surface area (Å²) in [5.74, 6) is 0.829. The van der Waals surface area contributed by atoms with Gasteiger partial charge in [-0.25, -0.2) is 0 Å². The summed E-state index contributed by atoms with van der Waals surface area (Å²) in [5.41, 5.74) is 3.03. The van der Waals surface area contributed by atoms with E-state index >= 15 is 0 Å². The van der Waals surface area contributed by atoms with Crippen molar-refractivity contribution in [3.05, 3.63) is 47.3 Å². The summed E-state index contributed by atoms with van der Waals surface area (Å²) in [6.07, 6.45) is 0.407. The van der Waals surface area contributed by atoms with Gasteiger partial charge in [-0.2, -0.15) is 0 Å². The van der Waals surface area contributed by atoms with Crippen LogP contribution in [0, 0.1) is 6.92 Å². The Morgan fingerprint density at radius 3 is 3.06 bits per heavy atom. The van der Waals surface area contributed by atoms with Crippen molar-refractivity contribution in [2.24, 2.45) is 0 Å². The standard InChI is InChI=1S/C14H16N2O2/c1-10-8-11(15-18-10)9-16-7-6-14(17)12-4-2-3-5-13(12)16/h2-5,8,14,17H,6-7,9H2,1H3. The Morgan fingerprint density at radius 1 is 1.44 bits per heavy atom. The molecule has 1 unspecified atom stereocenters. The Kier molecular flexibility index (Phi) is 2.80. The average molecular weight is 244 g/mol. The Labute approximate surface area is 106 Å². The van der Waals surface area contributed by atoms with Crippen molar-refractivity contribution < 1.29 is 9.63 Å². The molecule has 18 heavy (non-hydrogen) atoms. The smallest absolute Gasteiger partial charge is 0.133 e. The highest BCUT2D eigenvalue weighted by Gasteiger charge is 2.23. The molecule has 0 saturated carbocycles. The summed E-state index contributed by atoms with van der Waals surface area (Å²) in [7, 11) is 0. The van der Waals surface area contributed by atoms with Crippen LogP contribution in [0.5, 0.6) is 0 Å². The highest BCUT2D eigenvalue weighted by Crippen LogP contribution is 2.34. The maximum atomic E-state index is 9.99. The van der Waals surface area contributed by atoms with Crippen molar-refractivity contribution >= 4 is 5.69 Å². The first kappa shape index (κ1) is 11.3. The molecule has 1 aromatic carbocycles. The summed E-state index contributed by atoms with van der Waals surface area (Å²) in [4.78, 5) is 2.24. The average Bonchev–Trinajstić information content (AvgIpc) is 2.79. The lowest BCUT2D eigenvalue weighted by Gasteiger charge is -2.33. The summed E-state index contributed by atoms with van der Waals surface area (Å²) in [6.45, 7) is 3.45. The van der Waals surface area contributed by atoms with Crippen LogP contribution in [0.2, 0.25) is 0 Å². The number of aliphatic hydroxyl groups is 1. The van der Waals surface area contributed by atoms with E-state index in [0.29, 0.717) is 0 Å². The normalized spacial score (nSPS) is 18.8. The molecule has 3 rings (SSSR count). The minimum atomic E-state index is -0.350. The van der Waals surface area contributed by atoms with E-state index in [9.17, 15) is 5.11 Å². The maximum Gasteiger partial charge on any atom is 0.133 e. The Balaban J connectivity index is 1.88. The van der Waals surface area contributed by atoms with E-state index in [2.05, 4.69) is 10.1 Å². The van der Waals surface area contributed by atoms with Crippen molar-refractivity contribution in [3.63, 3.8) is 0 Å².